The van der Waals surface area contributed by atoms with Crippen LogP contribution in [0.2, 0.25) is 0 Å². The van der Waals surface area contributed by atoms with Crippen LogP contribution in [0.3, 0.4) is 0 Å². The summed E-state index contributed by atoms with van der Waals surface area (Å²) in [5.41, 5.74) is 1.75. The van der Waals surface area contributed by atoms with Crippen molar-refractivity contribution in [1.29, 1.82) is 0 Å². The SMILES string of the molecule is CCNC(=O)CNC(=O)COC(=O)[C@H](NS(=O)(=O)c1ccc(C)c(C)c1)C(C)C. The summed E-state index contributed by atoms with van der Waals surface area (Å²) < 4.78 is 32.6. The van der Waals surface area contributed by atoms with Crippen molar-refractivity contribution < 1.29 is 27.5 Å². The summed E-state index contributed by atoms with van der Waals surface area (Å²) in [5.74, 6) is -2.32. The molecule has 1 aromatic rings. The van der Waals surface area contributed by atoms with Crippen LogP contribution < -0.4 is 15.4 Å². The van der Waals surface area contributed by atoms with Gasteiger partial charge in [0.05, 0.1) is 11.4 Å². The standard InChI is InChI=1S/C19H29N3O6S/c1-6-20-16(23)10-21-17(24)11-28-19(25)18(12(2)3)22-29(26,27)15-8-7-13(4)14(5)9-15/h7-9,12,18,22H,6,10-11H2,1-5H3,(H,20,23)(H,21,24)/t18-/m1/s1. The van der Waals surface area contributed by atoms with Crippen LogP contribution in [0, 0.1) is 19.8 Å². The number of likely N-dealkylation sites (N-methyl/N-ethyl adjacent to an activating group) is 1. The molecule has 0 heterocycles. The molecule has 0 bridgehead atoms. The number of esters is 1. The van der Waals surface area contributed by atoms with Crippen LogP contribution in [0.25, 0.3) is 0 Å². The Morgan fingerprint density at radius 3 is 2.24 bits per heavy atom. The molecule has 10 heteroatoms. The van der Waals surface area contributed by atoms with Gasteiger partial charge >= 0.3 is 5.97 Å². The zero-order valence-corrected chi connectivity index (χ0v) is 18.2. The molecule has 1 atom stereocenters. The maximum Gasteiger partial charge on any atom is 0.324 e. The van der Waals surface area contributed by atoms with Crippen LogP contribution in [0.15, 0.2) is 23.1 Å². The van der Waals surface area contributed by atoms with Crippen molar-refractivity contribution >= 4 is 27.8 Å². The van der Waals surface area contributed by atoms with Crippen LogP contribution in [0.4, 0.5) is 0 Å². The van der Waals surface area contributed by atoms with Crippen molar-refractivity contribution in [3.05, 3.63) is 29.3 Å². The predicted octanol–water partition coefficient (Wildman–Crippen LogP) is 0.402. The minimum Gasteiger partial charge on any atom is -0.454 e. The summed E-state index contributed by atoms with van der Waals surface area (Å²) in [6.45, 7) is 8.29. The maximum absolute atomic E-state index is 12.6. The molecule has 1 aromatic carbocycles. The molecular weight excluding hydrogens is 398 g/mol. The van der Waals surface area contributed by atoms with Gasteiger partial charge in [0.15, 0.2) is 6.61 Å². The van der Waals surface area contributed by atoms with Crippen molar-refractivity contribution in [2.75, 3.05) is 19.7 Å². The lowest BCUT2D eigenvalue weighted by Crippen LogP contribution is -2.46. The molecule has 0 radical (unpaired) electrons. The van der Waals surface area contributed by atoms with Gasteiger partial charge in [-0.25, -0.2) is 8.42 Å². The number of sulfonamides is 1. The molecule has 0 aliphatic heterocycles. The van der Waals surface area contributed by atoms with E-state index in [2.05, 4.69) is 15.4 Å². The summed E-state index contributed by atoms with van der Waals surface area (Å²) in [7, 11) is -3.96. The van der Waals surface area contributed by atoms with E-state index in [4.69, 9.17) is 4.74 Å². The third-order valence-electron chi connectivity index (χ3n) is 4.16. The third kappa shape index (κ3) is 7.82. The zero-order chi connectivity index (χ0) is 22.2. The van der Waals surface area contributed by atoms with Crippen molar-refractivity contribution in [3.63, 3.8) is 0 Å². The van der Waals surface area contributed by atoms with Gasteiger partial charge < -0.3 is 15.4 Å². The van der Waals surface area contributed by atoms with Gasteiger partial charge in [-0.2, -0.15) is 4.72 Å². The van der Waals surface area contributed by atoms with Crippen LogP contribution in [0.1, 0.15) is 31.9 Å². The molecule has 9 nitrogen and oxygen atoms in total. The minimum absolute atomic E-state index is 0.0405. The Kier molecular flexibility index (Phi) is 9.25. The number of benzene rings is 1. The molecule has 0 saturated heterocycles. The van der Waals surface area contributed by atoms with E-state index in [1.165, 1.54) is 12.1 Å². The van der Waals surface area contributed by atoms with Crippen molar-refractivity contribution in [3.8, 4) is 0 Å². The van der Waals surface area contributed by atoms with Crippen LogP contribution >= 0.6 is 0 Å². The number of ether oxygens (including phenoxy) is 1. The van der Waals surface area contributed by atoms with Gasteiger partial charge in [-0.15, -0.1) is 0 Å². The molecule has 0 aliphatic carbocycles. The number of amides is 2. The Balaban J connectivity index is 2.74. The van der Waals surface area contributed by atoms with Crippen molar-refractivity contribution in [2.45, 2.75) is 45.6 Å². The second-order valence-corrected chi connectivity index (χ2v) is 8.64. The highest BCUT2D eigenvalue weighted by atomic mass is 32.2. The van der Waals surface area contributed by atoms with E-state index in [0.717, 1.165) is 11.1 Å². The predicted molar refractivity (Wildman–Crippen MR) is 108 cm³/mol. The molecule has 2 amide bonds. The van der Waals surface area contributed by atoms with E-state index in [0.29, 0.717) is 6.54 Å². The normalized spacial score (nSPS) is 12.3. The van der Waals surface area contributed by atoms with E-state index in [1.807, 2.05) is 6.92 Å². The zero-order valence-electron chi connectivity index (χ0n) is 17.4. The van der Waals surface area contributed by atoms with Gasteiger partial charge in [-0.3, -0.25) is 14.4 Å². The van der Waals surface area contributed by atoms with Gasteiger partial charge in [0, 0.05) is 6.54 Å². The monoisotopic (exact) mass is 427 g/mol. The van der Waals surface area contributed by atoms with Crippen LogP contribution in [0.5, 0.6) is 0 Å². The molecule has 0 spiro atoms. The molecule has 162 valence electrons. The number of hydrogen-bond donors (Lipinski definition) is 3. The Hall–Kier alpha value is -2.46. The fourth-order valence-electron chi connectivity index (χ4n) is 2.29. The Bertz CT molecular complexity index is 852. The lowest BCUT2D eigenvalue weighted by molar-refractivity contribution is -0.151. The molecule has 0 fully saturated rings. The number of nitrogens with one attached hydrogen (secondary N) is 3. The average molecular weight is 428 g/mol. The molecule has 0 aliphatic rings. The summed E-state index contributed by atoms with van der Waals surface area (Å²) in [6, 6.07) is 3.50. The molecule has 0 unspecified atom stereocenters. The van der Waals surface area contributed by atoms with Crippen molar-refractivity contribution in [1.82, 2.24) is 15.4 Å². The fraction of sp³-hybridized carbons (Fsp3) is 0.526. The Labute approximate surface area is 171 Å². The van der Waals surface area contributed by atoms with E-state index < -0.39 is 40.5 Å². The average Bonchev–Trinajstić information content (AvgIpc) is 2.64. The fourth-order valence-corrected chi connectivity index (χ4v) is 3.71. The van der Waals surface area contributed by atoms with E-state index in [1.54, 1.807) is 33.8 Å². The molecule has 0 aromatic heterocycles. The highest BCUT2D eigenvalue weighted by molar-refractivity contribution is 7.89. The molecule has 0 saturated carbocycles. The van der Waals surface area contributed by atoms with Gasteiger partial charge in [-0.1, -0.05) is 19.9 Å². The lowest BCUT2D eigenvalue weighted by atomic mass is 10.1. The largest absolute Gasteiger partial charge is 0.454 e. The number of aryl methyl sites for hydroxylation is 2. The summed E-state index contributed by atoms with van der Waals surface area (Å²) in [6.07, 6.45) is 0. The first kappa shape index (κ1) is 24.6. The first-order valence-corrected chi connectivity index (χ1v) is 10.8. The van der Waals surface area contributed by atoms with Gasteiger partial charge in [0.2, 0.25) is 15.9 Å². The lowest BCUT2D eigenvalue weighted by Gasteiger charge is -2.21. The second kappa shape index (κ2) is 10.9. The number of hydrogen-bond acceptors (Lipinski definition) is 6. The van der Waals surface area contributed by atoms with Gasteiger partial charge in [-0.05, 0) is 49.9 Å². The molecule has 3 N–H and O–H groups in total. The Morgan fingerprint density at radius 1 is 1.03 bits per heavy atom. The summed E-state index contributed by atoms with van der Waals surface area (Å²) >= 11 is 0. The highest BCUT2D eigenvalue weighted by Crippen LogP contribution is 2.16. The van der Waals surface area contributed by atoms with E-state index >= 15 is 0 Å². The minimum atomic E-state index is -3.96. The number of rotatable bonds is 10. The maximum atomic E-state index is 12.6. The van der Waals surface area contributed by atoms with Gasteiger partial charge in [0.1, 0.15) is 6.04 Å². The quantitative estimate of drug-likeness (QED) is 0.464. The Morgan fingerprint density at radius 2 is 1.69 bits per heavy atom. The molecular formula is C19H29N3O6S. The van der Waals surface area contributed by atoms with Crippen LogP contribution in [-0.2, 0) is 29.1 Å². The molecule has 1 rings (SSSR count). The summed E-state index contributed by atoms with van der Waals surface area (Å²) in [4.78, 5) is 35.4. The third-order valence-corrected chi connectivity index (χ3v) is 5.60. The second-order valence-electron chi connectivity index (χ2n) is 6.93. The van der Waals surface area contributed by atoms with Crippen molar-refractivity contribution in [2.24, 2.45) is 5.92 Å². The molecule has 29 heavy (non-hydrogen) atoms. The smallest absolute Gasteiger partial charge is 0.324 e. The highest BCUT2D eigenvalue weighted by Gasteiger charge is 2.30. The van der Waals surface area contributed by atoms with E-state index in [9.17, 15) is 22.8 Å². The van der Waals surface area contributed by atoms with E-state index in [-0.39, 0.29) is 17.3 Å². The van der Waals surface area contributed by atoms with Gasteiger partial charge in [0.25, 0.3) is 5.91 Å². The first-order chi connectivity index (χ1) is 13.5. The number of carbonyl (C=O) groups is 3. The number of carbonyl (C=O) groups excluding carboxylic acids is 3. The van der Waals surface area contributed by atoms with Crippen LogP contribution in [-0.4, -0.2) is 51.9 Å². The first-order valence-electron chi connectivity index (χ1n) is 9.27. The topological polar surface area (TPSA) is 131 Å². The summed E-state index contributed by atoms with van der Waals surface area (Å²) in [5, 5.41) is 4.82.